The Morgan fingerprint density at radius 1 is 0.800 bits per heavy atom. The van der Waals surface area contributed by atoms with Crippen LogP contribution in [-0.4, -0.2) is 4.98 Å². The lowest BCUT2D eigenvalue weighted by Gasteiger charge is -2.14. The van der Waals surface area contributed by atoms with Crippen LogP contribution < -0.4 is 0 Å². The average Bonchev–Trinajstić information content (AvgIpc) is 3.24. The van der Waals surface area contributed by atoms with E-state index in [0.717, 1.165) is 17.5 Å². The van der Waals surface area contributed by atoms with Crippen LogP contribution in [0.2, 0.25) is 0 Å². The quantitative estimate of drug-likeness (QED) is 0.328. The van der Waals surface area contributed by atoms with Crippen molar-refractivity contribution < 1.29 is 4.42 Å². The van der Waals surface area contributed by atoms with Gasteiger partial charge in [-0.3, -0.25) is 0 Å². The summed E-state index contributed by atoms with van der Waals surface area (Å²) in [7, 11) is 0. The van der Waals surface area contributed by atoms with Gasteiger partial charge in [0.15, 0.2) is 12.0 Å². The molecule has 3 aromatic carbocycles. The maximum Gasteiger partial charge on any atom is 0.181 e. The van der Waals surface area contributed by atoms with Crippen molar-refractivity contribution in [2.24, 2.45) is 5.41 Å². The van der Waals surface area contributed by atoms with Crippen molar-refractivity contribution in [2.45, 2.75) is 27.2 Å². The Balaban J connectivity index is 0.000000234. The summed E-state index contributed by atoms with van der Waals surface area (Å²) in [5.41, 5.74) is 5.87. The van der Waals surface area contributed by atoms with Crippen LogP contribution in [0, 0.1) is 5.41 Å². The molecule has 0 saturated carbocycles. The Hall–Kier alpha value is -3.39. The molecular formula is C28H29NO. The Morgan fingerprint density at radius 2 is 1.37 bits per heavy atom. The van der Waals surface area contributed by atoms with Gasteiger partial charge in [-0.05, 0) is 40.7 Å². The van der Waals surface area contributed by atoms with Gasteiger partial charge >= 0.3 is 0 Å². The molecule has 4 rings (SSSR count). The number of aromatic nitrogens is 1. The zero-order chi connectivity index (χ0) is 21.2. The van der Waals surface area contributed by atoms with E-state index in [9.17, 15) is 0 Å². The third-order valence-corrected chi connectivity index (χ3v) is 4.54. The molecule has 0 atom stereocenters. The fourth-order valence-corrected chi connectivity index (χ4v) is 2.98. The number of fused-ring (bicyclic) bond motifs is 1. The molecule has 2 heteroatoms. The lowest BCUT2D eigenvalue weighted by Crippen LogP contribution is -2.01. The third-order valence-electron chi connectivity index (χ3n) is 4.54. The van der Waals surface area contributed by atoms with Gasteiger partial charge in [-0.1, -0.05) is 112 Å². The third kappa shape index (κ3) is 6.59. The van der Waals surface area contributed by atoms with E-state index in [-0.39, 0.29) is 0 Å². The van der Waals surface area contributed by atoms with Crippen LogP contribution >= 0.6 is 0 Å². The van der Waals surface area contributed by atoms with Crippen LogP contribution in [-0.2, 0) is 0 Å². The molecule has 2 nitrogen and oxygen atoms in total. The number of hydrogen-bond donors (Lipinski definition) is 0. The standard InChI is InChI=1S/C21H24.C7H5NO/c1-21(2,3)17-11-10-16-20(18-12-6-4-7-13-18)19-14-8-5-9-15-19;1-2-4-7-6(3-1)8-5-9-7/h4-16H,17H2,1-3H3;1-5H. The number of hydrogen-bond acceptors (Lipinski definition) is 2. The molecule has 0 aliphatic rings. The van der Waals surface area contributed by atoms with Gasteiger partial charge in [0.2, 0.25) is 0 Å². The van der Waals surface area contributed by atoms with Gasteiger partial charge in [-0.2, -0.15) is 0 Å². The van der Waals surface area contributed by atoms with Gasteiger partial charge in [0.05, 0.1) is 0 Å². The van der Waals surface area contributed by atoms with Gasteiger partial charge in [0.1, 0.15) is 5.52 Å². The Morgan fingerprint density at radius 3 is 1.93 bits per heavy atom. The summed E-state index contributed by atoms with van der Waals surface area (Å²) >= 11 is 0. The molecule has 0 aliphatic carbocycles. The molecule has 152 valence electrons. The summed E-state index contributed by atoms with van der Waals surface area (Å²) in [4.78, 5) is 3.95. The molecule has 0 unspecified atom stereocenters. The first-order valence-electron chi connectivity index (χ1n) is 10.3. The van der Waals surface area contributed by atoms with E-state index in [1.165, 1.54) is 23.1 Å². The van der Waals surface area contributed by atoms with Crippen molar-refractivity contribution >= 4 is 16.7 Å². The Kier molecular flexibility index (Phi) is 7.40. The lowest BCUT2D eigenvalue weighted by molar-refractivity contribution is 0.420. The highest BCUT2D eigenvalue weighted by Crippen LogP contribution is 2.24. The van der Waals surface area contributed by atoms with Crippen LogP contribution in [0.25, 0.3) is 16.7 Å². The zero-order valence-corrected chi connectivity index (χ0v) is 18.0. The maximum atomic E-state index is 5.01. The summed E-state index contributed by atoms with van der Waals surface area (Å²) in [6, 6.07) is 28.8. The first-order valence-corrected chi connectivity index (χ1v) is 10.3. The molecule has 1 heterocycles. The molecule has 0 saturated heterocycles. The minimum atomic E-state index is 0.337. The summed E-state index contributed by atoms with van der Waals surface area (Å²) in [6.45, 7) is 6.78. The SMILES string of the molecule is CC(C)(C)CC=CC=C(c1ccccc1)c1ccccc1.c1ccc2ocnc2c1. The summed E-state index contributed by atoms with van der Waals surface area (Å²) < 4.78 is 5.01. The van der Waals surface area contributed by atoms with Crippen molar-refractivity contribution in [1.29, 1.82) is 0 Å². The van der Waals surface area contributed by atoms with Crippen LogP contribution in [0.3, 0.4) is 0 Å². The number of allylic oxidation sites excluding steroid dienone is 3. The van der Waals surface area contributed by atoms with Gasteiger partial charge < -0.3 is 4.42 Å². The van der Waals surface area contributed by atoms with E-state index in [1.54, 1.807) is 0 Å². The summed E-state index contributed by atoms with van der Waals surface area (Å²) in [5, 5.41) is 0. The minimum absolute atomic E-state index is 0.337. The Bertz CT molecular complexity index is 1010. The fourth-order valence-electron chi connectivity index (χ4n) is 2.98. The van der Waals surface area contributed by atoms with Crippen molar-refractivity contribution in [3.8, 4) is 0 Å². The summed E-state index contributed by atoms with van der Waals surface area (Å²) in [6.07, 6.45) is 9.19. The summed E-state index contributed by atoms with van der Waals surface area (Å²) in [5.74, 6) is 0. The zero-order valence-electron chi connectivity index (χ0n) is 18.0. The highest BCUT2D eigenvalue weighted by atomic mass is 16.3. The van der Waals surface area contributed by atoms with Gasteiger partial charge in [0, 0.05) is 0 Å². The van der Waals surface area contributed by atoms with Crippen molar-refractivity contribution in [3.63, 3.8) is 0 Å². The molecule has 0 N–H and O–H groups in total. The first kappa shape index (κ1) is 21.3. The smallest absolute Gasteiger partial charge is 0.181 e. The van der Waals surface area contributed by atoms with Gasteiger partial charge in [-0.15, -0.1) is 0 Å². The first-order chi connectivity index (χ1) is 14.5. The predicted molar refractivity (Wildman–Crippen MR) is 127 cm³/mol. The van der Waals surface area contributed by atoms with Gasteiger partial charge in [0.25, 0.3) is 0 Å². The van der Waals surface area contributed by atoms with E-state index in [0.29, 0.717) is 5.41 Å². The molecule has 4 aromatic rings. The number of oxazole rings is 1. The van der Waals surface area contributed by atoms with Crippen LogP contribution in [0.5, 0.6) is 0 Å². The van der Waals surface area contributed by atoms with Crippen molar-refractivity contribution in [2.75, 3.05) is 0 Å². The largest absolute Gasteiger partial charge is 0.443 e. The highest BCUT2D eigenvalue weighted by Gasteiger charge is 2.06. The van der Waals surface area contributed by atoms with Crippen LogP contribution in [0.15, 0.2) is 114 Å². The molecule has 30 heavy (non-hydrogen) atoms. The van der Waals surface area contributed by atoms with Crippen molar-refractivity contribution in [3.05, 3.63) is 121 Å². The molecule has 0 aliphatic heterocycles. The van der Waals surface area contributed by atoms with Crippen molar-refractivity contribution in [1.82, 2.24) is 4.98 Å². The second kappa shape index (κ2) is 10.4. The Labute approximate surface area is 179 Å². The number of rotatable bonds is 4. The van der Waals surface area contributed by atoms with Crippen LogP contribution in [0.1, 0.15) is 38.3 Å². The lowest BCUT2D eigenvalue weighted by atomic mass is 9.92. The average molecular weight is 396 g/mol. The molecule has 0 bridgehead atoms. The second-order valence-corrected chi connectivity index (χ2v) is 8.33. The van der Waals surface area contributed by atoms with E-state index in [1.807, 2.05) is 24.3 Å². The highest BCUT2D eigenvalue weighted by molar-refractivity contribution is 5.80. The molecule has 0 spiro atoms. The van der Waals surface area contributed by atoms with E-state index in [2.05, 4.69) is 105 Å². The molecule has 0 amide bonds. The van der Waals surface area contributed by atoms with E-state index >= 15 is 0 Å². The van der Waals surface area contributed by atoms with E-state index in [4.69, 9.17) is 4.42 Å². The fraction of sp³-hybridized carbons (Fsp3) is 0.179. The van der Waals surface area contributed by atoms with Gasteiger partial charge in [-0.25, -0.2) is 4.98 Å². The molecule has 1 aromatic heterocycles. The minimum Gasteiger partial charge on any atom is -0.443 e. The molecule has 0 radical (unpaired) electrons. The second-order valence-electron chi connectivity index (χ2n) is 8.33. The topological polar surface area (TPSA) is 26.0 Å². The number of nitrogens with zero attached hydrogens (tertiary/aromatic N) is 1. The number of para-hydroxylation sites is 2. The number of benzene rings is 3. The molecule has 0 fully saturated rings. The maximum absolute atomic E-state index is 5.01. The van der Waals surface area contributed by atoms with E-state index < -0.39 is 0 Å². The molecular weight excluding hydrogens is 366 g/mol. The van der Waals surface area contributed by atoms with Crippen LogP contribution in [0.4, 0.5) is 0 Å². The predicted octanol–water partition coefficient (Wildman–Crippen LogP) is 7.94. The normalized spacial score (nSPS) is 11.2. The monoisotopic (exact) mass is 395 g/mol.